The molecule has 0 aliphatic carbocycles. The van der Waals surface area contributed by atoms with Gasteiger partial charge in [-0.2, -0.15) is 0 Å². The second kappa shape index (κ2) is 23.9. The van der Waals surface area contributed by atoms with Gasteiger partial charge in [0, 0.05) is 11.4 Å². The highest BCUT2D eigenvalue weighted by Crippen LogP contribution is 2.27. The molecule has 0 aliphatic heterocycles. The molecule has 0 saturated carbocycles. The van der Waals surface area contributed by atoms with E-state index in [4.69, 9.17) is 0 Å². The zero-order valence-electron chi connectivity index (χ0n) is 27.0. The Hall–Kier alpha value is -1.76. The number of nitrogens with one attached hydrogen (secondary N) is 1. The van der Waals surface area contributed by atoms with E-state index >= 15 is 0 Å². The second-order valence-corrected chi connectivity index (χ2v) is 12.4. The smallest absolute Gasteiger partial charge is 0.0416 e. The first-order chi connectivity index (χ1) is 19.8. The molecule has 1 heteroatoms. The molecular formula is C39H65N. The van der Waals surface area contributed by atoms with Crippen molar-refractivity contribution in [2.45, 2.75) is 175 Å². The normalized spacial score (nSPS) is 11.3. The molecule has 1 nitrogen and oxygen atoms in total. The first-order valence-corrected chi connectivity index (χ1v) is 17.7. The summed E-state index contributed by atoms with van der Waals surface area (Å²) in [5, 5.41) is 3.83. The average Bonchev–Trinajstić information content (AvgIpc) is 2.97. The summed E-state index contributed by atoms with van der Waals surface area (Å²) < 4.78 is 0. The van der Waals surface area contributed by atoms with Crippen molar-refractivity contribution < 1.29 is 0 Å². The van der Waals surface area contributed by atoms with Gasteiger partial charge >= 0.3 is 0 Å². The van der Waals surface area contributed by atoms with Crippen LogP contribution in [-0.4, -0.2) is 0 Å². The number of hydrogen-bond acceptors (Lipinski definition) is 1. The maximum Gasteiger partial charge on any atom is 0.0416 e. The van der Waals surface area contributed by atoms with Crippen molar-refractivity contribution in [1.29, 1.82) is 0 Å². The van der Waals surface area contributed by atoms with Crippen LogP contribution in [0.1, 0.15) is 172 Å². The third-order valence-corrected chi connectivity index (χ3v) is 8.65. The quantitative estimate of drug-likeness (QED) is 0.115. The summed E-state index contributed by atoms with van der Waals surface area (Å²) in [4.78, 5) is 0. The van der Waals surface area contributed by atoms with E-state index in [-0.39, 0.29) is 0 Å². The van der Waals surface area contributed by atoms with E-state index in [1.807, 2.05) is 0 Å². The molecule has 40 heavy (non-hydrogen) atoms. The summed E-state index contributed by atoms with van der Waals surface area (Å²) in [5.41, 5.74) is 7.23. The van der Waals surface area contributed by atoms with Gasteiger partial charge in [-0.05, 0) is 73.4 Å². The fraction of sp³-hybridized carbons (Fsp3) is 0.692. The number of aryl methyl sites for hydroxylation is 3. The van der Waals surface area contributed by atoms with Gasteiger partial charge in [-0.3, -0.25) is 0 Å². The molecule has 0 saturated heterocycles. The molecule has 2 aromatic carbocycles. The van der Waals surface area contributed by atoms with Gasteiger partial charge in [0.25, 0.3) is 0 Å². The van der Waals surface area contributed by atoms with Gasteiger partial charge in [-0.15, -0.1) is 0 Å². The van der Waals surface area contributed by atoms with Crippen LogP contribution in [-0.2, 0) is 19.3 Å². The fourth-order valence-corrected chi connectivity index (χ4v) is 6.01. The lowest BCUT2D eigenvalue weighted by molar-refractivity contribution is 0.583. The number of rotatable bonds is 26. The number of benzene rings is 2. The summed E-state index contributed by atoms with van der Waals surface area (Å²) in [6.07, 6.45) is 32.6. The topological polar surface area (TPSA) is 12.0 Å². The van der Waals surface area contributed by atoms with Gasteiger partial charge in [-0.1, -0.05) is 161 Å². The monoisotopic (exact) mass is 548 g/mol. The minimum atomic E-state index is 1.18. The van der Waals surface area contributed by atoms with E-state index in [9.17, 15) is 0 Å². The highest BCUT2D eigenvalue weighted by Gasteiger charge is 2.08. The van der Waals surface area contributed by atoms with Crippen LogP contribution >= 0.6 is 0 Å². The fourth-order valence-electron chi connectivity index (χ4n) is 6.01. The van der Waals surface area contributed by atoms with E-state index in [1.165, 1.54) is 171 Å². The molecule has 0 atom stereocenters. The van der Waals surface area contributed by atoms with Crippen LogP contribution < -0.4 is 5.32 Å². The van der Waals surface area contributed by atoms with Crippen LogP contribution in [0.3, 0.4) is 0 Å². The van der Waals surface area contributed by atoms with Gasteiger partial charge in [-0.25, -0.2) is 0 Å². The highest BCUT2D eigenvalue weighted by molar-refractivity contribution is 5.64. The number of unbranched alkanes of at least 4 members (excludes halogenated alkanes) is 18. The summed E-state index contributed by atoms with van der Waals surface area (Å²) in [6.45, 7) is 6.91. The molecule has 0 spiro atoms. The Balaban J connectivity index is 1.94. The van der Waals surface area contributed by atoms with Crippen molar-refractivity contribution >= 4 is 11.4 Å². The zero-order chi connectivity index (χ0) is 28.5. The standard InChI is InChI=1S/C39H65N/c1-4-7-10-13-16-19-22-27-35-32-33-38(34-37(35)30-24-21-18-15-12-9-6-3)40-39-31-26-25-29-36(39)28-23-20-17-14-11-8-5-2/h25-26,29,31-34,40H,4-24,27-28,30H2,1-3H3. The molecular weight excluding hydrogens is 482 g/mol. The lowest BCUT2D eigenvalue weighted by atomic mass is 9.95. The predicted octanol–water partition coefficient (Wildman–Crippen LogP) is 13.3. The van der Waals surface area contributed by atoms with Gasteiger partial charge in [0.2, 0.25) is 0 Å². The molecule has 1 N–H and O–H groups in total. The first-order valence-electron chi connectivity index (χ1n) is 17.7. The Kier molecular flexibility index (Phi) is 20.6. The van der Waals surface area contributed by atoms with Crippen molar-refractivity contribution in [1.82, 2.24) is 0 Å². The van der Waals surface area contributed by atoms with Crippen LogP contribution in [0.25, 0.3) is 0 Å². The third kappa shape index (κ3) is 15.9. The minimum absolute atomic E-state index is 1.18. The Morgan fingerprint density at radius 3 is 1.35 bits per heavy atom. The molecule has 0 aliphatic rings. The Bertz CT molecular complexity index is 854. The largest absolute Gasteiger partial charge is 0.355 e. The Morgan fingerprint density at radius 2 is 0.825 bits per heavy atom. The van der Waals surface area contributed by atoms with Crippen molar-refractivity contribution in [3.63, 3.8) is 0 Å². The Labute approximate surface area is 250 Å². The van der Waals surface area contributed by atoms with Crippen molar-refractivity contribution in [2.75, 3.05) is 5.32 Å². The van der Waals surface area contributed by atoms with E-state index < -0.39 is 0 Å². The molecule has 0 radical (unpaired) electrons. The van der Waals surface area contributed by atoms with E-state index in [0.717, 1.165) is 0 Å². The summed E-state index contributed by atoms with van der Waals surface area (Å²) in [5.74, 6) is 0. The highest BCUT2D eigenvalue weighted by atomic mass is 14.9. The molecule has 0 heterocycles. The molecule has 0 fully saturated rings. The molecule has 226 valence electrons. The second-order valence-electron chi connectivity index (χ2n) is 12.4. The van der Waals surface area contributed by atoms with Crippen molar-refractivity contribution in [2.24, 2.45) is 0 Å². The summed E-state index contributed by atoms with van der Waals surface area (Å²) in [7, 11) is 0. The molecule has 0 bridgehead atoms. The lowest BCUT2D eigenvalue weighted by Gasteiger charge is -2.16. The van der Waals surface area contributed by atoms with Crippen LogP contribution in [0.5, 0.6) is 0 Å². The minimum Gasteiger partial charge on any atom is -0.355 e. The summed E-state index contributed by atoms with van der Waals surface area (Å²) in [6, 6.07) is 16.3. The zero-order valence-corrected chi connectivity index (χ0v) is 27.0. The van der Waals surface area contributed by atoms with E-state index in [2.05, 4.69) is 68.6 Å². The van der Waals surface area contributed by atoms with Crippen LogP contribution in [0.4, 0.5) is 11.4 Å². The number of hydrogen-bond donors (Lipinski definition) is 1. The predicted molar refractivity (Wildman–Crippen MR) is 181 cm³/mol. The molecule has 0 unspecified atom stereocenters. The van der Waals surface area contributed by atoms with Crippen LogP contribution in [0, 0.1) is 0 Å². The molecule has 2 rings (SSSR count). The maximum absolute atomic E-state index is 3.83. The number of anilines is 2. The summed E-state index contributed by atoms with van der Waals surface area (Å²) >= 11 is 0. The van der Waals surface area contributed by atoms with Crippen molar-refractivity contribution in [3.8, 4) is 0 Å². The first kappa shape index (κ1) is 34.4. The SMILES string of the molecule is CCCCCCCCCc1ccc(Nc2ccccc2CCCCCCCCC)cc1CCCCCCCCC. The van der Waals surface area contributed by atoms with Crippen LogP contribution in [0.2, 0.25) is 0 Å². The van der Waals surface area contributed by atoms with E-state index in [0.29, 0.717) is 0 Å². The van der Waals surface area contributed by atoms with Gasteiger partial charge in [0.1, 0.15) is 0 Å². The lowest BCUT2D eigenvalue weighted by Crippen LogP contribution is -2.00. The molecule has 0 amide bonds. The molecule has 2 aromatic rings. The van der Waals surface area contributed by atoms with Gasteiger partial charge < -0.3 is 5.32 Å². The number of para-hydroxylation sites is 1. The maximum atomic E-state index is 3.83. The third-order valence-electron chi connectivity index (χ3n) is 8.65. The van der Waals surface area contributed by atoms with Gasteiger partial charge in [0.15, 0.2) is 0 Å². The Morgan fingerprint density at radius 1 is 0.400 bits per heavy atom. The van der Waals surface area contributed by atoms with Crippen molar-refractivity contribution in [3.05, 3.63) is 59.2 Å². The molecule has 0 aromatic heterocycles. The van der Waals surface area contributed by atoms with Gasteiger partial charge in [0.05, 0.1) is 0 Å². The van der Waals surface area contributed by atoms with E-state index in [1.54, 1.807) is 11.1 Å². The average molecular weight is 548 g/mol. The van der Waals surface area contributed by atoms with Crippen LogP contribution in [0.15, 0.2) is 42.5 Å².